The molecule has 0 aromatic heterocycles. The van der Waals surface area contributed by atoms with Crippen LogP contribution < -0.4 is 11.1 Å². The summed E-state index contributed by atoms with van der Waals surface area (Å²) < 4.78 is 0. The molecule has 108 valence electrons. The van der Waals surface area contributed by atoms with Crippen LogP contribution in [0.4, 0.5) is 0 Å². The molecule has 4 N–H and O–H groups in total. The van der Waals surface area contributed by atoms with Crippen LogP contribution in [0.3, 0.4) is 0 Å². The lowest BCUT2D eigenvalue weighted by atomic mass is 9.94. The molecule has 0 spiro atoms. The van der Waals surface area contributed by atoms with Gasteiger partial charge < -0.3 is 16.2 Å². The van der Waals surface area contributed by atoms with Gasteiger partial charge in [0.2, 0.25) is 5.91 Å². The second kappa shape index (κ2) is 8.77. The van der Waals surface area contributed by atoms with Crippen molar-refractivity contribution in [2.45, 2.75) is 52.1 Å². The Morgan fingerprint density at radius 1 is 1.44 bits per heavy atom. The Balaban J connectivity index is 3.95. The quantitative estimate of drug-likeness (QED) is 0.527. The van der Waals surface area contributed by atoms with Crippen LogP contribution in [0, 0.1) is 5.92 Å². The molecule has 0 aliphatic heterocycles. The third-order valence-electron chi connectivity index (χ3n) is 2.83. The average molecular weight is 276 g/mol. The van der Waals surface area contributed by atoms with Gasteiger partial charge in [0.25, 0.3) is 0 Å². The Hall–Kier alpha value is -0.260. The molecular weight excluding hydrogens is 248 g/mol. The van der Waals surface area contributed by atoms with Crippen LogP contribution in [0.5, 0.6) is 0 Å². The van der Waals surface area contributed by atoms with E-state index in [2.05, 4.69) is 5.32 Å². The van der Waals surface area contributed by atoms with Gasteiger partial charge in [-0.15, -0.1) is 0 Å². The fourth-order valence-corrected chi connectivity index (χ4v) is 2.79. The molecule has 0 saturated heterocycles. The molecule has 1 amide bonds. The van der Waals surface area contributed by atoms with Gasteiger partial charge in [0, 0.05) is 12.6 Å². The van der Waals surface area contributed by atoms with Crippen LogP contribution >= 0.6 is 11.8 Å². The molecule has 0 aliphatic carbocycles. The molecule has 5 heteroatoms. The van der Waals surface area contributed by atoms with Gasteiger partial charge in [-0.05, 0) is 51.0 Å². The molecule has 0 aromatic rings. The number of hydrogen-bond acceptors (Lipinski definition) is 4. The molecule has 0 aliphatic rings. The molecule has 0 rings (SSSR count). The van der Waals surface area contributed by atoms with E-state index in [0.717, 1.165) is 24.3 Å². The van der Waals surface area contributed by atoms with E-state index in [4.69, 9.17) is 10.8 Å². The van der Waals surface area contributed by atoms with Crippen LogP contribution in [-0.4, -0.2) is 40.7 Å². The Labute approximate surface area is 115 Å². The molecule has 18 heavy (non-hydrogen) atoms. The third-order valence-corrected chi connectivity index (χ3v) is 4.21. The van der Waals surface area contributed by atoms with Crippen molar-refractivity contribution in [2.24, 2.45) is 11.7 Å². The fourth-order valence-electron chi connectivity index (χ4n) is 1.77. The number of rotatable bonds is 10. The summed E-state index contributed by atoms with van der Waals surface area (Å²) in [6, 6.07) is 0.240. The lowest BCUT2D eigenvalue weighted by Crippen LogP contribution is -2.55. The second-order valence-electron chi connectivity index (χ2n) is 5.46. The number of carbonyl (C=O) groups excluding carboxylic acids is 1. The summed E-state index contributed by atoms with van der Waals surface area (Å²) in [6.07, 6.45) is 1.70. The minimum atomic E-state index is -0.614. The Morgan fingerprint density at radius 2 is 2.06 bits per heavy atom. The summed E-state index contributed by atoms with van der Waals surface area (Å²) in [6.45, 7) is 8.16. The number of aliphatic hydroxyl groups is 1. The van der Waals surface area contributed by atoms with Gasteiger partial charge in [0.1, 0.15) is 0 Å². The van der Waals surface area contributed by atoms with Crippen molar-refractivity contribution >= 4 is 17.7 Å². The van der Waals surface area contributed by atoms with Crippen molar-refractivity contribution in [3.8, 4) is 0 Å². The molecule has 0 bridgehead atoms. The van der Waals surface area contributed by atoms with Crippen LogP contribution in [0.1, 0.15) is 40.5 Å². The number of nitrogens with one attached hydrogen (secondary N) is 1. The zero-order chi connectivity index (χ0) is 14.2. The van der Waals surface area contributed by atoms with E-state index < -0.39 is 5.54 Å². The maximum Gasteiger partial charge on any atom is 0.237 e. The highest BCUT2D eigenvalue weighted by atomic mass is 32.2. The van der Waals surface area contributed by atoms with E-state index in [0.29, 0.717) is 5.92 Å². The lowest BCUT2D eigenvalue weighted by Gasteiger charge is -2.29. The smallest absolute Gasteiger partial charge is 0.237 e. The Bertz CT molecular complexity index is 249. The Morgan fingerprint density at radius 3 is 2.50 bits per heavy atom. The predicted molar refractivity (Wildman–Crippen MR) is 78.7 cm³/mol. The summed E-state index contributed by atoms with van der Waals surface area (Å²) in [5.74, 6) is 2.00. The Kier molecular flexibility index (Phi) is 8.65. The largest absolute Gasteiger partial charge is 0.396 e. The predicted octanol–water partition coefficient (Wildman–Crippen LogP) is 1.37. The van der Waals surface area contributed by atoms with E-state index in [1.807, 2.05) is 39.5 Å². The number of hydrogen-bond donors (Lipinski definition) is 3. The maximum atomic E-state index is 11.5. The van der Waals surface area contributed by atoms with Crippen LogP contribution in [0.15, 0.2) is 0 Å². The molecule has 0 saturated carbocycles. The van der Waals surface area contributed by atoms with Gasteiger partial charge in [-0.1, -0.05) is 6.92 Å². The number of carbonyl (C=O) groups is 1. The molecular formula is C13H28N2O2S. The summed E-state index contributed by atoms with van der Waals surface area (Å²) in [5.41, 5.74) is 4.85. The average Bonchev–Trinajstić information content (AvgIpc) is 2.27. The highest BCUT2D eigenvalue weighted by molar-refractivity contribution is 7.99. The van der Waals surface area contributed by atoms with Gasteiger partial charge >= 0.3 is 0 Å². The highest BCUT2D eigenvalue weighted by Gasteiger charge is 2.30. The van der Waals surface area contributed by atoms with E-state index in [-0.39, 0.29) is 18.6 Å². The fraction of sp³-hybridized carbons (Fsp3) is 0.923. The van der Waals surface area contributed by atoms with Crippen LogP contribution in [0.25, 0.3) is 0 Å². The standard InChI is InChI=1S/C13H28N2O2S/c1-10(2)15-13(4,12(14)17)6-5-7-18-9-11(3)8-16/h10-11,15-16H,5-9H2,1-4H3,(H2,14,17). The van der Waals surface area contributed by atoms with Gasteiger partial charge in [0.05, 0.1) is 5.54 Å². The summed E-state index contributed by atoms with van der Waals surface area (Å²) in [7, 11) is 0. The van der Waals surface area contributed by atoms with Gasteiger partial charge in [-0.3, -0.25) is 4.79 Å². The van der Waals surface area contributed by atoms with E-state index >= 15 is 0 Å². The number of amides is 1. The van der Waals surface area contributed by atoms with E-state index in [1.165, 1.54) is 0 Å². The first-order valence-corrected chi connectivity index (χ1v) is 7.73. The van der Waals surface area contributed by atoms with E-state index in [9.17, 15) is 4.79 Å². The highest BCUT2D eigenvalue weighted by Crippen LogP contribution is 2.17. The minimum absolute atomic E-state index is 0.237. The molecule has 0 heterocycles. The number of thioether (sulfide) groups is 1. The number of nitrogens with two attached hydrogens (primary N) is 1. The SMILES string of the molecule is CC(CO)CSCCCC(C)(NC(C)C)C(N)=O. The molecule has 2 unspecified atom stereocenters. The van der Waals surface area contributed by atoms with E-state index in [1.54, 1.807) is 0 Å². The first kappa shape index (κ1) is 17.7. The van der Waals surface area contributed by atoms with Crippen molar-refractivity contribution in [3.63, 3.8) is 0 Å². The molecule has 0 radical (unpaired) electrons. The molecule has 0 fully saturated rings. The third kappa shape index (κ3) is 7.24. The first-order chi connectivity index (χ1) is 8.31. The maximum absolute atomic E-state index is 11.5. The van der Waals surface area contributed by atoms with Gasteiger partial charge in [0.15, 0.2) is 0 Å². The molecule has 2 atom stereocenters. The van der Waals surface area contributed by atoms with Crippen LogP contribution in [-0.2, 0) is 4.79 Å². The van der Waals surface area contributed by atoms with Crippen molar-refractivity contribution in [1.82, 2.24) is 5.32 Å². The van der Waals surface area contributed by atoms with Crippen molar-refractivity contribution < 1.29 is 9.90 Å². The summed E-state index contributed by atoms with van der Waals surface area (Å²) >= 11 is 1.82. The molecule has 4 nitrogen and oxygen atoms in total. The monoisotopic (exact) mass is 276 g/mol. The van der Waals surface area contributed by atoms with Crippen molar-refractivity contribution in [2.75, 3.05) is 18.1 Å². The lowest BCUT2D eigenvalue weighted by molar-refractivity contribution is -0.124. The summed E-state index contributed by atoms with van der Waals surface area (Å²) in [4.78, 5) is 11.5. The molecule has 0 aromatic carbocycles. The zero-order valence-corrected chi connectivity index (χ0v) is 12.8. The second-order valence-corrected chi connectivity index (χ2v) is 6.61. The number of aliphatic hydroxyl groups excluding tert-OH is 1. The zero-order valence-electron chi connectivity index (χ0n) is 12.0. The van der Waals surface area contributed by atoms with Gasteiger partial charge in [-0.2, -0.15) is 11.8 Å². The number of primary amides is 1. The van der Waals surface area contributed by atoms with Crippen molar-refractivity contribution in [1.29, 1.82) is 0 Å². The van der Waals surface area contributed by atoms with Crippen LogP contribution in [0.2, 0.25) is 0 Å². The topological polar surface area (TPSA) is 75.3 Å². The normalized spacial score (nSPS) is 16.6. The summed E-state index contributed by atoms with van der Waals surface area (Å²) in [5, 5.41) is 12.2. The van der Waals surface area contributed by atoms with Crippen molar-refractivity contribution in [3.05, 3.63) is 0 Å². The van der Waals surface area contributed by atoms with Gasteiger partial charge in [-0.25, -0.2) is 0 Å². The minimum Gasteiger partial charge on any atom is -0.396 e. The first-order valence-electron chi connectivity index (χ1n) is 6.58.